The van der Waals surface area contributed by atoms with Crippen LogP contribution in [-0.4, -0.2) is 21.3 Å². The Morgan fingerprint density at radius 2 is 1.95 bits per heavy atom. The lowest BCUT2D eigenvalue weighted by molar-refractivity contribution is 0.878. The van der Waals surface area contributed by atoms with E-state index in [-0.39, 0.29) is 0 Å². The Morgan fingerprint density at radius 1 is 1.09 bits per heavy atom. The lowest BCUT2D eigenvalue weighted by Gasteiger charge is -2.07. The van der Waals surface area contributed by atoms with Gasteiger partial charge in [0.2, 0.25) is 0 Å². The van der Waals surface area contributed by atoms with Gasteiger partial charge in [-0.2, -0.15) is 10.4 Å². The zero-order valence-corrected chi connectivity index (χ0v) is 12.0. The summed E-state index contributed by atoms with van der Waals surface area (Å²) >= 11 is 0. The van der Waals surface area contributed by atoms with E-state index >= 15 is 0 Å². The number of nitriles is 1. The van der Waals surface area contributed by atoms with Crippen LogP contribution in [0.1, 0.15) is 11.1 Å². The van der Waals surface area contributed by atoms with Gasteiger partial charge in [-0.15, -0.1) is 0 Å². The van der Waals surface area contributed by atoms with Crippen molar-refractivity contribution in [1.29, 1.82) is 5.26 Å². The summed E-state index contributed by atoms with van der Waals surface area (Å²) in [5, 5.41) is 16.4. The number of rotatable bonds is 5. The Hall–Kier alpha value is -3.13. The molecule has 0 unspecified atom stereocenters. The molecule has 0 atom stereocenters. The molecule has 0 fully saturated rings. The highest BCUT2D eigenvalue weighted by atomic mass is 15.3. The smallest absolute Gasteiger partial charge is 0.143 e. The number of anilines is 1. The quantitative estimate of drug-likeness (QED) is 0.784. The second-order valence-electron chi connectivity index (χ2n) is 4.81. The highest BCUT2D eigenvalue weighted by Crippen LogP contribution is 2.11. The van der Waals surface area contributed by atoms with E-state index in [4.69, 9.17) is 5.26 Å². The molecule has 2 heterocycles. The van der Waals surface area contributed by atoms with Crippen molar-refractivity contribution in [3.8, 4) is 11.8 Å². The number of benzene rings is 1. The lowest BCUT2D eigenvalue weighted by atomic mass is 10.1. The van der Waals surface area contributed by atoms with Gasteiger partial charge in [0.1, 0.15) is 11.9 Å². The molecule has 0 aliphatic rings. The van der Waals surface area contributed by atoms with Crippen molar-refractivity contribution in [2.75, 3.05) is 11.9 Å². The molecule has 0 saturated heterocycles. The van der Waals surface area contributed by atoms with Gasteiger partial charge in [-0.25, -0.2) is 9.67 Å². The van der Waals surface area contributed by atoms with Crippen LogP contribution in [0.25, 0.3) is 5.69 Å². The molecule has 0 saturated carbocycles. The number of hydrogen-bond acceptors (Lipinski definition) is 4. The summed E-state index contributed by atoms with van der Waals surface area (Å²) in [7, 11) is 0. The van der Waals surface area contributed by atoms with Crippen LogP contribution in [-0.2, 0) is 6.42 Å². The molecule has 0 amide bonds. The van der Waals surface area contributed by atoms with E-state index in [1.54, 1.807) is 24.5 Å². The van der Waals surface area contributed by atoms with Gasteiger partial charge in [0.05, 0.1) is 11.3 Å². The Bertz CT molecular complexity index is 770. The van der Waals surface area contributed by atoms with Gasteiger partial charge >= 0.3 is 0 Å². The molecule has 1 aromatic carbocycles. The number of aromatic nitrogens is 3. The van der Waals surface area contributed by atoms with Crippen molar-refractivity contribution in [2.45, 2.75) is 6.42 Å². The Labute approximate surface area is 128 Å². The van der Waals surface area contributed by atoms with Gasteiger partial charge in [-0.1, -0.05) is 12.1 Å². The first-order valence-electron chi connectivity index (χ1n) is 7.05. The van der Waals surface area contributed by atoms with Gasteiger partial charge in [0, 0.05) is 25.1 Å². The highest BCUT2D eigenvalue weighted by Gasteiger charge is 2.02. The van der Waals surface area contributed by atoms with Crippen LogP contribution in [0.3, 0.4) is 0 Å². The third-order valence-electron chi connectivity index (χ3n) is 3.34. The van der Waals surface area contributed by atoms with Crippen LogP contribution in [0.15, 0.2) is 61.1 Å². The normalized spacial score (nSPS) is 10.1. The first kappa shape index (κ1) is 13.8. The minimum atomic E-state index is 0.566. The Balaban J connectivity index is 1.59. The standard InChI is InChI=1S/C17H15N5/c18-13-15-3-1-9-19-17(15)20-11-8-14-4-6-16(7-5-14)22-12-2-10-21-22/h1-7,9-10,12H,8,11H2,(H,19,20). The average Bonchev–Trinajstić information content (AvgIpc) is 3.10. The van der Waals surface area contributed by atoms with E-state index in [1.807, 2.05) is 29.1 Å². The molecule has 5 heteroatoms. The van der Waals surface area contributed by atoms with Crippen LogP contribution in [0.2, 0.25) is 0 Å². The summed E-state index contributed by atoms with van der Waals surface area (Å²) in [5.74, 6) is 0.637. The fourth-order valence-corrected chi connectivity index (χ4v) is 2.20. The summed E-state index contributed by atoms with van der Waals surface area (Å²) in [5.41, 5.74) is 2.83. The van der Waals surface area contributed by atoms with Crippen LogP contribution in [0.5, 0.6) is 0 Å². The second-order valence-corrected chi connectivity index (χ2v) is 4.81. The second kappa shape index (κ2) is 6.55. The maximum Gasteiger partial charge on any atom is 0.143 e. The molecule has 0 spiro atoms. The van der Waals surface area contributed by atoms with Crippen LogP contribution >= 0.6 is 0 Å². The molecule has 0 aliphatic carbocycles. The largest absolute Gasteiger partial charge is 0.369 e. The summed E-state index contributed by atoms with van der Waals surface area (Å²) in [6.45, 7) is 0.729. The molecular formula is C17H15N5. The topological polar surface area (TPSA) is 66.5 Å². The van der Waals surface area contributed by atoms with Gasteiger partial charge in [-0.3, -0.25) is 0 Å². The van der Waals surface area contributed by atoms with Gasteiger partial charge in [-0.05, 0) is 42.3 Å². The molecule has 3 aromatic rings. The first-order valence-corrected chi connectivity index (χ1v) is 7.05. The molecule has 108 valence electrons. The predicted octanol–water partition coefficient (Wildman–Crippen LogP) is 2.79. The van der Waals surface area contributed by atoms with Crippen LogP contribution in [0.4, 0.5) is 5.82 Å². The van der Waals surface area contributed by atoms with Crippen molar-refractivity contribution in [2.24, 2.45) is 0 Å². The van der Waals surface area contributed by atoms with Crippen LogP contribution in [0, 0.1) is 11.3 Å². The third kappa shape index (κ3) is 3.13. The summed E-state index contributed by atoms with van der Waals surface area (Å²) < 4.78 is 1.83. The van der Waals surface area contributed by atoms with E-state index in [2.05, 4.69) is 33.6 Å². The van der Waals surface area contributed by atoms with E-state index < -0.39 is 0 Å². The Morgan fingerprint density at radius 3 is 2.68 bits per heavy atom. The fraction of sp³-hybridized carbons (Fsp3) is 0.118. The van der Waals surface area contributed by atoms with Crippen molar-refractivity contribution in [3.63, 3.8) is 0 Å². The highest BCUT2D eigenvalue weighted by molar-refractivity contribution is 5.51. The Kier molecular flexibility index (Phi) is 4.12. The first-order chi connectivity index (χ1) is 10.9. The molecule has 0 radical (unpaired) electrons. The summed E-state index contributed by atoms with van der Waals surface area (Å²) in [6, 6.07) is 15.8. The maximum absolute atomic E-state index is 9.02. The number of nitrogens with one attached hydrogen (secondary N) is 1. The predicted molar refractivity (Wildman–Crippen MR) is 84.7 cm³/mol. The fourth-order valence-electron chi connectivity index (χ4n) is 2.20. The monoisotopic (exact) mass is 289 g/mol. The maximum atomic E-state index is 9.02. The third-order valence-corrected chi connectivity index (χ3v) is 3.34. The van der Waals surface area contributed by atoms with E-state index in [0.717, 1.165) is 18.7 Å². The summed E-state index contributed by atoms with van der Waals surface area (Å²) in [6.07, 6.45) is 6.22. The molecular weight excluding hydrogens is 274 g/mol. The molecule has 5 nitrogen and oxygen atoms in total. The van der Waals surface area contributed by atoms with E-state index in [0.29, 0.717) is 11.4 Å². The van der Waals surface area contributed by atoms with Crippen LogP contribution < -0.4 is 5.32 Å². The molecule has 22 heavy (non-hydrogen) atoms. The van der Waals surface area contributed by atoms with Crippen molar-refractivity contribution < 1.29 is 0 Å². The lowest BCUT2D eigenvalue weighted by Crippen LogP contribution is -2.07. The van der Waals surface area contributed by atoms with Gasteiger partial charge in [0.25, 0.3) is 0 Å². The number of nitrogens with zero attached hydrogens (tertiary/aromatic N) is 4. The number of pyridine rings is 1. The van der Waals surface area contributed by atoms with Gasteiger partial charge < -0.3 is 5.32 Å². The molecule has 2 aromatic heterocycles. The van der Waals surface area contributed by atoms with Crippen molar-refractivity contribution in [1.82, 2.24) is 14.8 Å². The van der Waals surface area contributed by atoms with E-state index in [1.165, 1.54) is 5.56 Å². The number of hydrogen-bond donors (Lipinski definition) is 1. The minimum Gasteiger partial charge on any atom is -0.369 e. The summed E-state index contributed by atoms with van der Waals surface area (Å²) in [4.78, 5) is 4.18. The van der Waals surface area contributed by atoms with Crippen molar-refractivity contribution >= 4 is 5.82 Å². The molecule has 3 rings (SSSR count). The molecule has 0 aliphatic heterocycles. The SMILES string of the molecule is N#Cc1cccnc1NCCc1ccc(-n2cccn2)cc1. The molecule has 1 N–H and O–H groups in total. The van der Waals surface area contributed by atoms with Crippen molar-refractivity contribution in [3.05, 3.63) is 72.2 Å². The minimum absolute atomic E-state index is 0.566. The zero-order valence-electron chi connectivity index (χ0n) is 12.0. The van der Waals surface area contributed by atoms with E-state index in [9.17, 15) is 0 Å². The molecule has 0 bridgehead atoms. The average molecular weight is 289 g/mol. The van der Waals surface area contributed by atoms with Gasteiger partial charge in [0.15, 0.2) is 0 Å². The zero-order chi connectivity index (χ0) is 15.2.